The van der Waals surface area contributed by atoms with Gasteiger partial charge in [0.15, 0.2) is 0 Å². The second-order valence-corrected chi connectivity index (χ2v) is 5.48. The molecule has 0 radical (unpaired) electrons. The first kappa shape index (κ1) is 17.1. The van der Waals surface area contributed by atoms with Crippen molar-refractivity contribution in [1.29, 1.82) is 5.26 Å². The van der Waals surface area contributed by atoms with Crippen molar-refractivity contribution in [3.8, 4) is 23.0 Å². The van der Waals surface area contributed by atoms with E-state index >= 15 is 0 Å². The summed E-state index contributed by atoms with van der Waals surface area (Å²) in [4.78, 5) is 16.1. The van der Waals surface area contributed by atoms with E-state index in [0.717, 1.165) is 11.3 Å². The topological polar surface area (TPSA) is 83.6 Å². The number of aromatic nitrogens is 3. The van der Waals surface area contributed by atoms with Crippen LogP contribution in [0.25, 0.3) is 23.0 Å². The highest BCUT2D eigenvalue weighted by Gasteiger charge is 2.14. The number of nitrogens with one attached hydrogen (secondary N) is 1. The van der Waals surface area contributed by atoms with Crippen molar-refractivity contribution in [2.75, 3.05) is 6.54 Å². The minimum absolute atomic E-state index is 0.0368. The summed E-state index contributed by atoms with van der Waals surface area (Å²) >= 11 is 0. The van der Waals surface area contributed by atoms with E-state index < -0.39 is 5.91 Å². The molecule has 0 aliphatic heterocycles. The zero-order valence-electron chi connectivity index (χ0n) is 14.3. The number of nitriles is 1. The molecule has 1 aromatic carbocycles. The SMILES string of the molecule is CCNC(=O)C(C#N)=Cc1cn(-c2ccccc2)nc1-c1ccncc1. The lowest BCUT2D eigenvalue weighted by Gasteiger charge is -2.01. The van der Waals surface area contributed by atoms with Gasteiger partial charge in [0.25, 0.3) is 5.91 Å². The van der Waals surface area contributed by atoms with Gasteiger partial charge < -0.3 is 5.32 Å². The minimum Gasteiger partial charge on any atom is -0.352 e. The van der Waals surface area contributed by atoms with Gasteiger partial charge in [-0.2, -0.15) is 10.4 Å². The standard InChI is InChI=1S/C20H17N5O/c1-2-23-20(26)16(13-21)12-17-14-25(18-6-4-3-5-7-18)24-19(17)15-8-10-22-11-9-15/h3-12,14H,2H2,1H3,(H,23,26). The summed E-state index contributed by atoms with van der Waals surface area (Å²) in [5, 5.41) is 16.6. The van der Waals surface area contributed by atoms with E-state index in [0.29, 0.717) is 17.8 Å². The number of carbonyl (C=O) groups is 1. The molecule has 3 aromatic rings. The Morgan fingerprint density at radius 3 is 2.62 bits per heavy atom. The first-order valence-corrected chi connectivity index (χ1v) is 8.18. The molecule has 6 nitrogen and oxygen atoms in total. The maximum absolute atomic E-state index is 12.1. The Kier molecular flexibility index (Phi) is 5.20. The molecule has 0 saturated heterocycles. The van der Waals surface area contributed by atoms with Crippen LogP contribution >= 0.6 is 0 Å². The second kappa shape index (κ2) is 7.90. The van der Waals surface area contributed by atoms with E-state index in [1.165, 1.54) is 0 Å². The van der Waals surface area contributed by atoms with Crippen LogP contribution < -0.4 is 5.32 Å². The monoisotopic (exact) mass is 343 g/mol. The van der Waals surface area contributed by atoms with Crippen LogP contribution in [0, 0.1) is 11.3 Å². The second-order valence-electron chi connectivity index (χ2n) is 5.48. The van der Waals surface area contributed by atoms with E-state index in [4.69, 9.17) is 0 Å². The lowest BCUT2D eigenvalue weighted by Crippen LogP contribution is -2.23. The van der Waals surface area contributed by atoms with Crippen molar-refractivity contribution >= 4 is 12.0 Å². The molecule has 2 heterocycles. The number of amides is 1. The van der Waals surface area contributed by atoms with Gasteiger partial charge in [-0.3, -0.25) is 9.78 Å². The Morgan fingerprint density at radius 2 is 1.96 bits per heavy atom. The van der Waals surface area contributed by atoms with E-state index in [2.05, 4.69) is 15.4 Å². The normalized spacial score (nSPS) is 11.0. The number of nitrogens with zero attached hydrogens (tertiary/aromatic N) is 4. The predicted octanol–water partition coefficient (Wildman–Crippen LogP) is 2.98. The number of para-hydroxylation sites is 1. The molecule has 2 aromatic heterocycles. The van der Waals surface area contributed by atoms with E-state index in [-0.39, 0.29) is 5.57 Å². The molecule has 1 amide bonds. The van der Waals surface area contributed by atoms with Crippen LogP contribution in [0.15, 0.2) is 66.6 Å². The third-order valence-electron chi connectivity index (χ3n) is 3.72. The summed E-state index contributed by atoms with van der Waals surface area (Å²) in [6, 6.07) is 15.3. The molecule has 128 valence electrons. The molecular formula is C20H17N5O. The molecule has 1 N–H and O–H groups in total. The van der Waals surface area contributed by atoms with Gasteiger partial charge in [0.2, 0.25) is 0 Å². The third kappa shape index (κ3) is 3.68. The van der Waals surface area contributed by atoms with Gasteiger partial charge in [-0.15, -0.1) is 0 Å². The summed E-state index contributed by atoms with van der Waals surface area (Å²) in [6.07, 6.45) is 6.73. The Balaban J connectivity index is 2.12. The summed E-state index contributed by atoms with van der Waals surface area (Å²) in [5.74, 6) is -0.400. The molecule has 0 aliphatic rings. The summed E-state index contributed by atoms with van der Waals surface area (Å²) in [6.45, 7) is 2.26. The van der Waals surface area contributed by atoms with Gasteiger partial charge in [0, 0.05) is 36.3 Å². The maximum Gasteiger partial charge on any atom is 0.261 e. The predicted molar refractivity (Wildman–Crippen MR) is 99.1 cm³/mol. The average molecular weight is 343 g/mol. The first-order chi connectivity index (χ1) is 12.7. The van der Waals surface area contributed by atoms with Gasteiger partial charge in [-0.05, 0) is 37.3 Å². The molecule has 6 heteroatoms. The molecule has 26 heavy (non-hydrogen) atoms. The van der Waals surface area contributed by atoms with Crippen molar-refractivity contribution in [2.45, 2.75) is 6.92 Å². The quantitative estimate of drug-likeness (QED) is 0.570. The van der Waals surface area contributed by atoms with Crippen molar-refractivity contribution in [1.82, 2.24) is 20.1 Å². The third-order valence-corrected chi connectivity index (χ3v) is 3.72. The van der Waals surface area contributed by atoms with Crippen LogP contribution in [0.5, 0.6) is 0 Å². The maximum atomic E-state index is 12.1. The largest absolute Gasteiger partial charge is 0.352 e. The number of benzene rings is 1. The Bertz CT molecular complexity index is 968. The van der Waals surface area contributed by atoms with Crippen LogP contribution in [-0.2, 0) is 4.79 Å². The van der Waals surface area contributed by atoms with Crippen LogP contribution in [0.4, 0.5) is 0 Å². The molecule has 0 spiro atoms. The van der Waals surface area contributed by atoms with Gasteiger partial charge in [0.1, 0.15) is 17.3 Å². The summed E-state index contributed by atoms with van der Waals surface area (Å²) in [5.41, 5.74) is 3.14. The average Bonchev–Trinajstić information content (AvgIpc) is 3.11. The smallest absolute Gasteiger partial charge is 0.261 e. The van der Waals surface area contributed by atoms with Gasteiger partial charge in [-0.25, -0.2) is 4.68 Å². The molecule has 0 saturated carbocycles. The zero-order chi connectivity index (χ0) is 18.4. The molecule has 0 bridgehead atoms. The molecule has 0 aliphatic carbocycles. The highest BCUT2D eigenvalue weighted by molar-refractivity contribution is 6.02. The van der Waals surface area contributed by atoms with Gasteiger partial charge in [0.05, 0.1) is 5.69 Å². The van der Waals surface area contributed by atoms with E-state index in [9.17, 15) is 10.1 Å². The van der Waals surface area contributed by atoms with Crippen LogP contribution in [0.1, 0.15) is 12.5 Å². The van der Waals surface area contributed by atoms with Crippen LogP contribution in [-0.4, -0.2) is 27.2 Å². The first-order valence-electron chi connectivity index (χ1n) is 8.18. The summed E-state index contributed by atoms with van der Waals surface area (Å²) in [7, 11) is 0. The number of carbonyl (C=O) groups excluding carboxylic acids is 1. The zero-order valence-corrected chi connectivity index (χ0v) is 14.3. The number of pyridine rings is 1. The highest BCUT2D eigenvalue weighted by Crippen LogP contribution is 2.25. The minimum atomic E-state index is -0.400. The van der Waals surface area contributed by atoms with Gasteiger partial charge in [-0.1, -0.05) is 18.2 Å². The fourth-order valence-corrected chi connectivity index (χ4v) is 2.50. The van der Waals surface area contributed by atoms with Crippen molar-refractivity contribution in [2.24, 2.45) is 0 Å². The van der Waals surface area contributed by atoms with Crippen molar-refractivity contribution < 1.29 is 4.79 Å². The summed E-state index contributed by atoms with van der Waals surface area (Å²) < 4.78 is 1.73. The Morgan fingerprint density at radius 1 is 1.23 bits per heavy atom. The molecule has 3 rings (SSSR count). The molecule has 0 fully saturated rings. The van der Waals surface area contributed by atoms with Gasteiger partial charge >= 0.3 is 0 Å². The lowest BCUT2D eigenvalue weighted by molar-refractivity contribution is -0.116. The van der Waals surface area contributed by atoms with E-state index in [1.54, 1.807) is 23.2 Å². The lowest BCUT2D eigenvalue weighted by atomic mass is 10.1. The highest BCUT2D eigenvalue weighted by atomic mass is 16.1. The van der Waals surface area contributed by atoms with Crippen LogP contribution in [0.2, 0.25) is 0 Å². The molecular weight excluding hydrogens is 326 g/mol. The van der Waals surface area contributed by atoms with Crippen LogP contribution in [0.3, 0.4) is 0 Å². The molecule has 0 unspecified atom stereocenters. The number of likely N-dealkylation sites (N-methyl/N-ethyl adjacent to an activating group) is 1. The number of hydrogen-bond acceptors (Lipinski definition) is 4. The van der Waals surface area contributed by atoms with Crippen molar-refractivity contribution in [3.05, 3.63) is 72.2 Å². The Labute approximate surface area is 151 Å². The molecule has 0 atom stereocenters. The Hall–Kier alpha value is -3.72. The number of hydrogen-bond donors (Lipinski definition) is 1. The van der Waals surface area contributed by atoms with Crippen molar-refractivity contribution in [3.63, 3.8) is 0 Å². The fourth-order valence-electron chi connectivity index (χ4n) is 2.50. The van der Waals surface area contributed by atoms with E-state index in [1.807, 2.05) is 61.7 Å². The fraction of sp³-hybridized carbons (Fsp3) is 0.100. The number of rotatable bonds is 5.